The van der Waals surface area contributed by atoms with Gasteiger partial charge in [0.15, 0.2) is 0 Å². The maximum absolute atomic E-state index is 12.9. The van der Waals surface area contributed by atoms with Crippen molar-refractivity contribution in [2.75, 3.05) is 5.43 Å². The van der Waals surface area contributed by atoms with Crippen LogP contribution < -0.4 is 10.3 Å². The summed E-state index contributed by atoms with van der Waals surface area (Å²) in [4.78, 5) is 12.2. The summed E-state index contributed by atoms with van der Waals surface area (Å²) in [6.07, 6.45) is 0. The number of fused-ring (bicyclic) bond motifs is 1. The second-order valence-corrected chi connectivity index (χ2v) is 9.08. The standard InChI is InChI=1S/C26H20N4O2S/c31-33(32,30-29-21-14-8-3-9-15-21)22-16-17-23-24(18-22)28-26(20-12-6-2-7-13-20)25(27-23)19-10-4-1-5-11-19/h1-18,29-30H. The number of aromatic nitrogens is 2. The van der Waals surface area contributed by atoms with Crippen LogP contribution in [0.25, 0.3) is 33.5 Å². The number of para-hydroxylation sites is 1. The summed E-state index contributed by atoms with van der Waals surface area (Å²) in [7, 11) is -3.82. The number of hydrazine groups is 1. The minimum Gasteiger partial charge on any atom is -0.308 e. The molecular weight excluding hydrogens is 432 g/mol. The molecule has 2 N–H and O–H groups in total. The monoisotopic (exact) mass is 452 g/mol. The molecule has 0 fully saturated rings. The van der Waals surface area contributed by atoms with Crippen molar-refractivity contribution in [1.29, 1.82) is 0 Å². The Hall–Kier alpha value is -4.07. The third-order valence-corrected chi connectivity index (χ3v) is 6.39. The number of benzene rings is 4. The zero-order chi connectivity index (χ0) is 22.7. The zero-order valence-electron chi connectivity index (χ0n) is 17.5. The lowest BCUT2D eigenvalue weighted by atomic mass is 10.0. The van der Waals surface area contributed by atoms with Gasteiger partial charge in [0.25, 0.3) is 10.0 Å². The maximum Gasteiger partial charge on any atom is 0.257 e. The van der Waals surface area contributed by atoms with E-state index < -0.39 is 10.0 Å². The number of nitrogens with zero attached hydrogens (tertiary/aromatic N) is 2. The maximum atomic E-state index is 12.9. The first-order valence-electron chi connectivity index (χ1n) is 10.4. The fourth-order valence-electron chi connectivity index (χ4n) is 3.50. The molecule has 0 aliphatic carbocycles. The molecule has 5 aromatic rings. The van der Waals surface area contributed by atoms with Crippen LogP contribution in [0.2, 0.25) is 0 Å². The van der Waals surface area contributed by atoms with Crippen LogP contribution in [0.3, 0.4) is 0 Å². The van der Waals surface area contributed by atoms with Crippen LogP contribution in [0.4, 0.5) is 5.69 Å². The van der Waals surface area contributed by atoms with Gasteiger partial charge in [-0.25, -0.2) is 18.4 Å². The molecule has 0 amide bonds. The van der Waals surface area contributed by atoms with Crippen molar-refractivity contribution in [3.63, 3.8) is 0 Å². The van der Waals surface area contributed by atoms with Gasteiger partial charge in [-0.05, 0) is 30.3 Å². The fourth-order valence-corrected chi connectivity index (χ4v) is 4.39. The molecule has 4 aromatic carbocycles. The van der Waals surface area contributed by atoms with Crippen LogP contribution in [0, 0.1) is 0 Å². The molecule has 7 heteroatoms. The highest BCUT2D eigenvalue weighted by Crippen LogP contribution is 2.31. The van der Waals surface area contributed by atoms with Crippen molar-refractivity contribution < 1.29 is 8.42 Å². The molecule has 0 spiro atoms. The molecule has 6 nitrogen and oxygen atoms in total. The highest BCUT2D eigenvalue weighted by atomic mass is 32.2. The normalized spacial score (nSPS) is 11.4. The van der Waals surface area contributed by atoms with E-state index >= 15 is 0 Å². The van der Waals surface area contributed by atoms with E-state index in [4.69, 9.17) is 9.97 Å². The van der Waals surface area contributed by atoms with Crippen LogP contribution in [-0.4, -0.2) is 18.4 Å². The number of anilines is 1. The second kappa shape index (κ2) is 8.82. The summed E-state index contributed by atoms with van der Waals surface area (Å²) < 4.78 is 25.7. The van der Waals surface area contributed by atoms with Gasteiger partial charge in [0, 0.05) is 16.8 Å². The predicted octanol–water partition coefficient (Wildman–Crippen LogP) is 5.27. The second-order valence-electron chi connectivity index (χ2n) is 7.40. The Kier molecular flexibility index (Phi) is 5.56. The molecule has 33 heavy (non-hydrogen) atoms. The zero-order valence-corrected chi connectivity index (χ0v) is 18.3. The first-order valence-corrected chi connectivity index (χ1v) is 11.8. The van der Waals surface area contributed by atoms with E-state index in [9.17, 15) is 8.42 Å². The summed E-state index contributed by atoms with van der Waals surface area (Å²) >= 11 is 0. The van der Waals surface area contributed by atoms with Gasteiger partial charge in [0.2, 0.25) is 0 Å². The third kappa shape index (κ3) is 4.45. The van der Waals surface area contributed by atoms with Crippen LogP contribution >= 0.6 is 0 Å². The van der Waals surface area contributed by atoms with Gasteiger partial charge in [-0.15, -0.1) is 4.83 Å². The predicted molar refractivity (Wildman–Crippen MR) is 131 cm³/mol. The molecule has 0 unspecified atom stereocenters. The summed E-state index contributed by atoms with van der Waals surface area (Å²) in [5, 5.41) is 0. The first kappa shape index (κ1) is 20.8. The summed E-state index contributed by atoms with van der Waals surface area (Å²) in [6, 6.07) is 33.4. The summed E-state index contributed by atoms with van der Waals surface area (Å²) in [5.41, 5.74) is 7.76. The molecule has 162 valence electrons. The number of hydrogen-bond acceptors (Lipinski definition) is 5. The smallest absolute Gasteiger partial charge is 0.257 e. The van der Waals surface area contributed by atoms with E-state index in [0.29, 0.717) is 22.4 Å². The average Bonchev–Trinajstić information content (AvgIpc) is 2.88. The van der Waals surface area contributed by atoms with Gasteiger partial charge in [-0.1, -0.05) is 78.9 Å². The lowest BCUT2D eigenvalue weighted by Crippen LogP contribution is -2.29. The largest absolute Gasteiger partial charge is 0.308 e. The Morgan fingerprint density at radius 3 is 1.67 bits per heavy atom. The van der Waals surface area contributed by atoms with Gasteiger partial charge >= 0.3 is 0 Å². The van der Waals surface area contributed by atoms with E-state index in [1.54, 1.807) is 24.3 Å². The molecular formula is C26H20N4O2S. The molecule has 0 aliphatic heterocycles. The molecule has 0 atom stereocenters. The molecule has 5 rings (SSSR count). The minimum absolute atomic E-state index is 0.0965. The van der Waals surface area contributed by atoms with Gasteiger partial charge in [-0.3, -0.25) is 0 Å². The van der Waals surface area contributed by atoms with Crippen molar-refractivity contribution in [3.8, 4) is 22.5 Å². The van der Waals surface area contributed by atoms with E-state index in [1.807, 2.05) is 78.9 Å². The van der Waals surface area contributed by atoms with Crippen LogP contribution in [0.5, 0.6) is 0 Å². The molecule has 0 bridgehead atoms. The Morgan fingerprint density at radius 1 is 0.576 bits per heavy atom. The van der Waals surface area contributed by atoms with Crippen molar-refractivity contribution in [1.82, 2.24) is 14.8 Å². The number of nitrogens with one attached hydrogen (secondary N) is 2. The van der Waals surface area contributed by atoms with Crippen molar-refractivity contribution in [3.05, 3.63) is 109 Å². The quantitative estimate of drug-likeness (QED) is 0.343. The Morgan fingerprint density at radius 2 is 1.09 bits per heavy atom. The summed E-state index contributed by atoms with van der Waals surface area (Å²) in [6.45, 7) is 0. The molecule has 1 aromatic heterocycles. The van der Waals surface area contributed by atoms with Crippen LogP contribution in [0.15, 0.2) is 114 Å². The van der Waals surface area contributed by atoms with Gasteiger partial charge in [0.1, 0.15) is 0 Å². The Labute approximate surface area is 192 Å². The van der Waals surface area contributed by atoms with Gasteiger partial charge in [-0.2, -0.15) is 0 Å². The van der Waals surface area contributed by atoms with Gasteiger partial charge in [0.05, 0.1) is 27.3 Å². The lowest BCUT2D eigenvalue weighted by molar-refractivity contribution is 0.588. The topological polar surface area (TPSA) is 84.0 Å². The molecule has 0 saturated carbocycles. The molecule has 1 heterocycles. The number of rotatable bonds is 6. The van der Waals surface area contributed by atoms with Gasteiger partial charge < -0.3 is 5.43 Å². The lowest BCUT2D eigenvalue weighted by Gasteiger charge is -2.12. The molecule has 0 aliphatic rings. The highest BCUT2D eigenvalue weighted by molar-refractivity contribution is 7.89. The number of sulfonamides is 1. The SMILES string of the molecule is O=S(=O)(NNc1ccccc1)c1ccc2nc(-c3ccccc3)c(-c3ccccc3)nc2c1. The van der Waals surface area contributed by atoms with Crippen molar-refractivity contribution in [2.24, 2.45) is 0 Å². The Balaban J connectivity index is 1.58. The third-order valence-electron chi connectivity index (χ3n) is 5.14. The van der Waals surface area contributed by atoms with Crippen molar-refractivity contribution >= 4 is 26.7 Å². The van der Waals surface area contributed by atoms with E-state index in [0.717, 1.165) is 16.8 Å². The molecule has 0 saturated heterocycles. The van der Waals surface area contributed by atoms with Crippen LogP contribution in [-0.2, 0) is 10.0 Å². The fraction of sp³-hybridized carbons (Fsp3) is 0. The average molecular weight is 453 g/mol. The van der Waals surface area contributed by atoms with Crippen molar-refractivity contribution in [2.45, 2.75) is 4.90 Å². The van der Waals surface area contributed by atoms with E-state index in [2.05, 4.69) is 10.3 Å². The number of hydrogen-bond donors (Lipinski definition) is 2. The Bertz CT molecular complexity index is 1510. The van der Waals surface area contributed by atoms with E-state index in [1.165, 1.54) is 6.07 Å². The van der Waals surface area contributed by atoms with Crippen LogP contribution in [0.1, 0.15) is 0 Å². The highest BCUT2D eigenvalue weighted by Gasteiger charge is 2.17. The minimum atomic E-state index is -3.82. The summed E-state index contributed by atoms with van der Waals surface area (Å²) in [5.74, 6) is 0. The molecule has 0 radical (unpaired) electrons. The first-order chi connectivity index (χ1) is 16.1. The van der Waals surface area contributed by atoms with E-state index in [-0.39, 0.29) is 4.90 Å².